The third-order valence-corrected chi connectivity index (χ3v) is 3.08. The van der Waals surface area contributed by atoms with E-state index in [1.807, 2.05) is 0 Å². The second-order valence-electron chi connectivity index (χ2n) is 3.52. The van der Waals surface area contributed by atoms with Crippen molar-refractivity contribution in [2.75, 3.05) is 12.8 Å². The Bertz CT molecular complexity index is 582. The standard InChI is InChI=1S/C11H12N4O2S/c1-6-14-15-11(17-6)18-9-5-7(12)3-4-8(9)10(16)13-2/h3-5H,12H2,1-2H3,(H,13,16). The van der Waals surface area contributed by atoms with Gasteiger partial charge in [0.15, 0.2) is 0 Å². The first-order valence-electron chi connectivity index (χ1n) is 5.19. The molecule has 18 heavy (non-hydrogen) atoms. The highest BCUT2D eigenvalue weighted by atomic mass is 32.2. The summed E-state index contributed by atoms with van der Waals surface area (Å²) in [5, 5.41) is 10.6. The van der Waals surface area contributed by atoms with E-state index in [1.54, 1.807) is 32.2 Å². The lowest BCUT2D eigenvalue weighted by Crippen LogP contribution is -2.18. The molecule has 0 radical (unpaired) electrons. The third kappa shape index (κ3) is 2.62. The van der Waals surface area contributed by atoms with Crippen LogP contribution in [0.25, 0.3) is 0 Å². The Kier molecular flexibility index (Phi) is 3.52. The van der Waals surface area contributed by atoms with Gasteiger partial charge < -0.3 is 15.5 Å². The van der Waals surface area contributed by atoms with Gasteiger partial charge in [-0.3, -0.25) is 4.79 Å². The molecule has 0 atom stereocenters. The molecule has 7 heteroatoms. The van der Waals surface area contributed by atoms with Gasteiger partial charge in [-0.25, -0.2) is 0 Å². The van der Waals surface area contributed by atoms with Gasteiger partial charge in [-0.2, -0.15) is 0 Å². The average Bonchev–Trinajstić information content (AvgIpc) is 2.74. The van der Waals surface area contributed by atoms with Crippen molar-refractivity contribution in [1.82, 2.24) is 15.5 Å². The number of carbonyl (C=O) groups is 1. The van der Waals surface area contributed by atoms with E-state index in [4.69, 9.17) is 10.2 Å². The van der Waals surface area contributed by atoms with Crippen molar-refractivity contribution in [3.05, 3.63) is 29.7 Å². The Morgan fingerprint density at radius 2 is 2.22 bits per heavy atom. The Morgan fingerprint density at radius 3 is 2.83 bits per heavy atom. The third-order valence-electron chi connectivity index (χ3n) is 2.18. The van der Waals surface area contributed by atoms with Crippen LogP contribution in [0, 0.1) is 6.92 Å². The number of hydrogen-bond donors (Lipinski definition) is 2. The Labute approximate surface area is 108 Å². The SMILES string of the molecule is CNC(=O)c1ccc(N)cc1Sc1nnc(C)o1. The van der Waals surface area contributed by atoms with Gasteiger partial charge in [0.05, 0.1) is 5.56 Å². The number of amides is 1. The summed E-state index contributed by atoms with van der Waals surface area (Å²) in [6, 6.07) is 5.04. The lowest BCUT2D eigenvalue weighted by Gasteiger charge is -2.06. The number of nitrogens with one attached hydrogen (secondary N) is 1. The molecule has 1 heterocycles. The number of nitrogens with two attached hydrogens (primary N) is 1. The number of nitrogens with zero attached hydrogens (tertiary/aromatic N) is 2. The molecule has 0 aliphatic rings. The van der Waals surface area contributed by atoms with Crippen LogP contribution in [-0.2, 0) is 0 Å². The summed E-state index contributed by atoms with van der Waals surface area (Å²) in [4.78, 5) is 12.4. The second-order valence-corrected chi connectivity index (χ2v) is 4.52. The summed E-state index contributed by atoms with van der Waals surface area (Å²) in [6.45, 7) is 1.70. The zero-order chi connectivity index (χ0) is 13.1. The average molecular weight is 264 g/mol. The summed E-state index contributed by atoms with van der Waals surface area (Å²) in [7, 11) is 1.57. The molecule has 1 aromatic heterocycles. The molecule has 2 aromatic rings. The first-order chi connectivity index (χ1) is 8.60. The zero-order valence-corrected chi connectivity index (χ0v) is 10.7. The highest BCUT2D eigenvalue weighted by molar-refractivity contribution is 7.99. The first kappa shape index (κ1) is 12.4. The lowest BCUT2D eigenvalue weighted by atomic mass is 10.2. The van der Waals surface area contributed by atoms with Crippen LogP contribution in [0.3, 0.4) is 0 Å². The van der Waals surface area contributed by atoms with Gasteiger partial charge in [-0.05, 0) is 30.0 Å². The predicted molar refractivity (Wildman–Crippen MR) is 67.4 cm³/mol. The molecule has 0 unspecified atom stereocenters. The van der Waals surface area contributed by atoms with Crippen molar-refractivity contribution in [3.63, 3.8) is 0 Å². The summed E-state index contributed by atoms with van der Waals surface area (Å²) in [5.74, 6) is 0.289. The second kappa shape index (κ2) is 5.09. The first-order valence-corrected chi connectivity index (χ1v) is 6.01. The number of carbonyl (C=O) groups excluding carboxylic acids is 1. The Hall–Kier alpha value is -2.02. The molecule has 2 rings (SSSR count). The predicted octanol–water partition coefficient (Wildman–Crippen LogP) is 1.47. The molecule has 0 spiro atoms. The van der Waals surface area contributed by atoms with Gasteiger partial charge in [0.1, 0.15) is 0 Å². The van der Waals surface area contributed by atoms with Gasteiger partial charge >= 0.3 is 0 Å². The zero-order valence-electron chi connectivity index (χ0n) is 9.93. The Balaban J connectivity index is 2.36. The van der Waals surface area contributed by atoms with Crippen LogP contribution in [0.1, 0.15) is 16.2 Å². The molecule has 0 aliphatic heterocycles. The summed E-state index contributed by atoms with van der Waals surface area (Å²) in [6.07, 6.45) is 0. The maximum Gasteiger partial charge on any atom is 0.281 e. The molecule has 94 valence electrons. The van der Waals surface area contributed by atoms with Crippen LogP contribution in [0.4, 0.5) is 5.69 Å². The van der Waals surface area contributed by atoms with Crippen molar-refractivity contribution >= 4 is 23.4 Å². The minimum Gasteiger partial charge on any atom is -0.416 e. The minimum absolute atomic E-state index is 0.186. The number of nitrogen functional groups attached to an aromatic ring is 1. The van der Waals surface area contributed by atoms with Gasteiger partial charge in [-0.1, -0.05) is 0 Å². The van der Waals surface area contributed by atoms with Gasteiger partial charge in [0, 0.05) is 24.6 Å². The van der Waals surface area contributed by atoms with Crippen molar-refractivity contribution < 1.29 is 9.21 Å². The van der Waals surface area contributed by atoms with E-state index in [0.717, 1.165) is 0 Å². The molecule has 1 aromatic carbocycles. The molecule has 6 nitrogen and oxygen atoms in total. The van der Waals surface area contributed by atoms with E-state index >= 15 is 0 Å². The van der Waals surface area contributed by atoms with E-state index in [2.05, 4.69) is 15.5 Å². The number of anilines is 1. The van der Waals surface area contributed by atoms with Gasteiger partial charge in [0.2, 0.25) is 5.89 Å². The smallest absolute Gasteiger partial charge is 0.281 e. The number of benzene rings is 1. The summed E-state index contributed by atoms with van der Waals surface area (Å²) < 4.78 is 5.26. The molecule has 0 aliphatic carbocycles. The topological polar surface area (TPSA) is 94.0 Å². The molecule has 0 saturated carbocycles. The molecular weight excluding hydrogens is 252 g/mol. The minimum atomic E-state index is -0.186. The van der Waals surface area contributed by atoms with E-state index in [1.165, 1.54) is 11.8 Å². The number of hydrogen-bond acceptors (Lipinski definition) is 6. The van der Waals surface area contributed by atoms with E-state index in [9.17, 15) is 4.79 Å². The van der Waals surface area contributed by atoms with Crippen molar-refractivity contribution in [1.29, 1.82) is 0 Å². The largest absolute Gasteiger partial charge is 0.416 e. The van der Waals surface area contributed by atoms with Gasteiger partial charge in [-0.15, -0.1) is 10.2 Å². The molecular formula is C11H12N4O2S. The van der Waals surface area contributed by atoms with E-state index in [0.29, 0.717) is 27.3 Å². The van der Waals surface area contributed by atoms with Gasteiger partial charge in [0.25, 0.3) is 11.1 Å². The van der Waals surface area contributed by atoms with E-state index in [-0.39, 0.29) is 5.91 Å². The van der Waals surface area contributed by atoms with Crippen LogP contribution >= 0.6 is 11.8 Å². The molecule has 3 N–H and O–H groups in total. The Morgan fingerprint density at radius 1 is 1.44 bits per heavy atom. The van der Waals surface area contributed by atoms with Crippen LogP contribution in [-0.4, -0.2) is 23.2 Å². The number of rotatable bonds is 3. The quantitative estimate of drug-likeness (QED) is 0.815. The van der Waals surface area contributed by atoms with Crippen LogP contribution in [0.2, 0.25) is 0 Å². The molecule has 1 amide bonds. The molecule has 0 saturated heterocycles. The van der Waals surface area contributed by atoms with Crippen LogP contribution in [0.15, 0.2) is 32.7 Å². The molecule has 0 fully saturated rings. The van der Waals surface area contributed by atoms with E-state index < -0.39 is 0 Å². The maximum atomic E-state index is 11.7. The normalized spacial score (nSPS) is 10.3. The number of aryl methyl sites for hydroxylation is 1. The highest BCUT2D eigenvalue weighted by Crippen LogP contribution is 2.31. The fraction of sp³-hybridized carbons (Fsp3) is 0.182. The monoisotopic (exact) mass is 264 g/mol. The fourth-order valence-corrected chi connectivity index (χ4v) is 2.26. The number of aromatic nitrogens is 2. The van der Waals surface area contributed by atoms with Crippen molar-refractivity contribution in [2.24, 2.45) is 0 Å². The van der Waals surface area contributed by atoms with Crippen LogP contribution < -0.4 is 11.1 Å². The van der Waals surface area contributed by atoms with Crippen LogP contribution in [0.5, 0.6) is 0 Å². The summed E-state index contributed by atoms with van der Waals surface area (Å²) in [5.41, 5.74) is 6.81. The lowest BCUT2D eigenvalue weighted by molar-refractivity contribution is 0.0960. The molecule has 0 bridgehead atoms. The summed E-state index contributed by atoms with van der Waals surface area (Å²) >= 11 is 1.21. The fourth-order valence-electron chi connectivity index (χ4n) is 1.36. The van der Waals surface area contributed by atoms with Crippen molar-refractivity contribution in [2.45, 2.75) is 17.0 Å². The maximum absolute atomic E-state index is 11.7. The van der Waals surface area contributed by atoms with Crippen molar-refractivity contribution in [3.8, 4) is 0 Å². The highest BCUT2D eigenvalue weighted by Gasteiger charge is 2.14.